The van der Waals surface area contributed by atoms with Crippen LogP contribution in [0.15, 0.2) is 54.7 Å². The molecule has 0 spiro atoms. The van der Waals surface area contributed by atoms with Crippen LogP contribution in [0.3, 0.4) is 0 Å². The van der Waals surface area contributed by atoms with Gasteiger partial charge in [-0.25, -0.2) is 8.42 Å². The number of hydrogen-bond acceptors (Lipinski definition) is 9. The van der Waals surface area contributed by atoms with Gasteiger partial charge in [0.2, 0.25) is 15.9 Å². The van der Waals surface area contributed by atoms with E-state index in [1.165, 1.54) is 57.7 Å². The van der Waals surface area contributed by atoms with E-state index in [-0.39, 0.29) is 34.1 Å². The molecular weight excluding hydrogens is 712 g/mol. The highest BCUT2D eigenvalue weighted by Gasteiger charge is 2.40. The fourth-order valence-corrected chi connectivity index (χ4v) is 6.80. The maximum Gasteiger partial charge on any atom is 0.422 e. The zero-order valence-corrected chi connectivity index (χ0v) is 27.9. The predicted molar refractivity (Wildman–Crippen MR) is 171 cm³/mol. The van der Waals surface area contributed by atoms with Crippen molar-refractivity contribution >= 4 is 38.4 Å². The first-order chi connectivity index (χ1) is 23.9. The summed E-state index contributed by atoms with van der Waals surface area (Å²) in [7, 11) is -1.49. The second-order valence-electron chi connectivity index (χ2n) is 11.3. The van der Waals surface area contributed by atoms with Gasteiger partial charge >= 0.3 is 12.4 Å². The maximum absolute atomic E-state index is 13.9. The molecule has 3 aromatic carbocycles. The normalized spacial score (nSPS) is 13.3. The second kappa shape index (κ2) is 14.2. The van der Waals surface area contributed by atoms with Gasteiger partial charge in [-0.05, 0) is 48.4 Å². The lowest BCUT2D eigenvalue weighted by molar-refractivity contribution is -0.154. The fourth-order valence-electron chi connectivity index (χ4n) is 5.69. The van der Waals surface area contributed by atoms with Gasteiger partial charge in [-0.3, -0.25) is 19.3 Å². The van der Waals surface area contributed by atoms with Crippen molar-refractivity contribution in [2.24, 2.45) is 0 Å². The quantitative estimate of drug-likeness (QED) is 0.179. The third-order valence-corrected chi connectivity index (χ3v) is 8.90. The summed E-state index contributed by atoms with van der Waals surface area (Å²) >= 11 is 0. The van der Waals surface area contributed by atoms with Gasteiger partial charge in [-0.2, -0.15) is 26.3 Å². The molecule has 1 aliphatic rings. The number of nitrogens with zero attached hydrogens (tertiary/aromatic N) is 2. The number of aromatic nitrogens is 1. The molecule has 0 fully saturated rings. The Morgan fingerprint density at radius 2 is 1.55 bits per heavy atom. The number of aryl methyl sites for hydroxylation is 1. The maximum atomic E-state index is 13.9. The highest BCUT2D eigenvalue weighted by atomic mass is 32.2. The van der Waals surface area contributed by atoms with Gasteiger partial charge in [0.25, 0.3) is 5.91 Å². The number of halogens is 6. The van der Waals surface area contributed by atoms with Gasteiger partial charge in [-0.15, -0.1) is 0 Å². The van der Waals surface area contributed by atoms with Crippen LogP contribution in [-0.4, -0.2) is 65.0 Å². The van der Waals surface area contributed by atoms with Crippen LogP contribution in [0.5, 0.6) is 23.0 Å². The minimum absolute atomic E-state index is 0.170. The monoisotopic (exact) mass is 741 g/mol. The summed E-state index contributed by atoms with van der Waals surface area (Å²) in [4.78, 5) is 31.7. The number of pyridine rings is 1. The van der Waals surface area contributed by atoms with E-state index in [2.05, 4.69) is 4.98 Å². The van der Waals surface area contributed by atoms with Crippen LogP contribution >= 0.6 is 0 Å². The molecule has 0 unspecified atom stereocenters. The largest absolute Gasteiger partial charge is 0.496 e. The molecule has 0 bridgehead atoms. The molecule has 272 valence electrons. The van der Waals surface area contributed by atoms with Crippen LogP contribution in [0.4, 0.5) is 32.0 Å². The van der Waals surface area contributed by atoms with E-state index >= 15 is 0 Å². The van der Waals surface area contributed by atoms with Gasteiger partial charge < -0.3 is 23.8 Å². The Labute approximate surface area is 287 Å². The van der Waals surface area contributed by atoms with Crippen LogP contribution in [0.1, 0.15) is 32.6 Å². The van der Waals surface area contributed by atoms with Crippen molar-refractivity contribution in [1.29, 1.82) is 0 Å². The summed E-state index contributed by atoms with van der Waals surface area (Å²) in [5.41, 5.74) is 0.182. The van der Waals surface area contributed by atoms with E-state index in [0.29, 0.717) is 22.6 Å². The number of anilines is 1. The van der Waals surface area contributed by atoms with Crippen LogP contribution in [0.25, 0.3) is 10.9 Å². The average molecular weight is 742 g/mol. The topological polar surface area (TPSA) is 133 Å². The highest BCUT2D eigenvalue weighted by molar-refractivity contribution is 7.89. The number of rotatable bonds is 12. The zero-order chi connectivity index (χ0) is 37.3. The minimum Gasteiger partial charge on any atom is -0.496 e. The first kappa shape index (κ1) is 37.0. The Morgan fingerprint density at radius 3 is 2.14 bits per heavy atom. The molecule has 0 atom stereocenters. The van der Waals surface area contributed by atoms with Crippen molar-refractivity contribution < 1.29 is 63.3 Å². The van der Waals surface area contributed by atoms with E-state index in [4.69, 9.17) is 18.9 Å². The molecule has 0 radical (unpaired) electrons. The summed E-state index contributed by atoms with van der Waals surface area (Å²) in [5.74, 6) is -2.76. The van der Waals surface area contributed by atoms with E-state index in [0.717, 1.165) is 4.90 Å². The van der Waals surface area contributed by atoms with Crippen LogP contribution in [0, 0.1) is 6.92 Å². The molecule has 0 saturated heterocycles. The van der Waals surface area contributed by atoms with Crippen molar-refractivity contribution in [2.45, 2.75) is 38.0 Å². The zero-order valence-electron chi connectivity index (χ0n) is 27.1. The Balaban J connectivity index is 1.43. The Hall–Kier alpha value is -5.26. The van der Waals surface area contributed by atoms with Crippen LogP contribution < -0.4 is 28.6 Å². The summed E-state index contributed by atoms with van der Waals surface area (Å²) < 4.78 is 128. The van der Waals surface area contributed by atoms with Gasteiger partial charge in [0.05, 0.1) is 38.5 Å². The number of amides is 2. The molecule has 0 aliphatic carbocycles. The van der Waals surface area contributed by atoms with Crippen molar-refractivity contribution in [3.05, 3.63) is 82.5 Å². The summed E-state index contributed by atoms with van der Waals surface area (Å²) in [6, 6.07) is 11.5. The molecule has 11 nitrogen and oxygen atoms in total. The summed E-state index contributed by atoms with van der Waals surface area (Å²) in [6.45, 7) is -2.48. The number of nitrogens with one attached hydrogen (secondary N) is 1. The van der Waals surface area contributed by atoms with E-state index in [1.807, 2.05) is 4.72 Å². The molecule has 1 N–H and O–H groups in total. The Morgan fingerprint density at radius 1 is 0.922 bits per heavy atom. The Bertz CT molecular complexity index is 2080. The van der Waals surface area contributed by atoms with E-state index in [9.17, 15) is 44.3 Å². The lowest BCUT2D eigenvalue weighted by Gasteiger charge is -2.19. The molecule has 1 aromatic heterocycles. The van der Waals surface area contributed by atoms with Gasteiger partial charge in [-0.1, -0.05) is 18.2 Å². The van der Waals surface area contributed by atoms with E-state index < -0.39 is 76.8 Å². The molecule has 2 amide bonds. The van der Waals surface area contributed by atoms with Crippen molar-refractivity contribution in [1.82, 2.24) is 9.71 Å². The number of methoxy groups -OCH3 is 2. The standard InChI is InChI=1S/C33H29F6N3O8S/c1-18-12-19(15-51(45,46)41-26(43)13-21-24(47-2)7-4-8-25(21)48-3)9-10-23(18)42-14-22-27(31(42)44)29(49-16-32(34,35)36)20-6-5-11-40-28(20)30(22)50-17-33(37,38)39/h4-12H,13-17H2,1-3H3,(H,41,43). The smallest absolute Gasteiger partial charge is 0.422 e. The average Bonchev–Trinajstić information content (AvgIpc) is 3.37. The van der Waals surface area contributed by atoms with Gasteiger partial charge in [0.1, 0.15) is 22.8 Å². The molecule has 0 saturated carbocycles. The van der Waals surface area contributed by atoms with Crippen molar-refractivity contribution in [2.75, 3.05) is 32.3 Å². The SMILES string of the molecule is COc1cccc(OC)c1CC(=O)NS(=O)(=O)Cc1ccc(N2Cc3c(c(OCC(F)(F)F)c4cccnc4c3OCC(F)(F)F)C2=O)c(C)c1. The number of benzene rings is 3. The van der Waals surface area contributed by atoms with Crippen LogP contribution in [-0.2, 0) is 33.5 Å². The molecule has 2 heterocycles. The third-order valence-electron chi connectivity index (χ3n) is 7.65. The number of hydrogen-bond donors (Lipinski definition) is 1. The van der Waals surface area contributed by atoms with Crippen LogP contribution in [0.2, 0.25) is 0 Å². The number of alkyl halides is 6. The first-order valence-corrected chi connectivity index (χ1v) is 16.5. The van der Waals surface area contributed by atoms with Gasteiger partial charge in [0, 0.05) is 28.4 Å². The number of carbonyl (C=O) groups is 2. The van der Waals surface area contributed by atoms with E-state index in [1.54, 1.807) is 18.2 Å². The lowest BCUT2D eigenvalue weighted by atomic mass is 10.0. The minimum atomic E-state index is -4.82. The second-order valence-corrected chi connectivity index (χ2v) is 13.1. The molecule has 5 rings (SSSR count). The number of sulfonamides is 1. The molecule has 51 heavy (non-hydrogen) atoms. The number of fused-ring (bicyclic) bond motifs is 2. The Kier molecular flexibility index (Phi) is 10.3. The molecule has 18 heteroatoms. The molecule has 4 aromatic rings. The summed E-state index contributed by atoms with van der Waals surface area (Å²) in [5, 5.41) is -0.170. The lowest BCUT2D eigenvalue weighted by Crippen LogP contribution is -2.33. The highest BCUT2D eigenvalue weighted by Crippen LogP contribution is 2.46. The van der Waals surface area contributed by atoms with Gasteiger partial charge in [0.15, 0.2) is 19.0 Å². The van der Waals surface area contributed by atoms with Crippen molar-refractivity contribution in [3.8, 4) is 23.0 Å². The fraction of sp³-hybridized carbons (Fsp3) is 0.303. The third kappa shape index (κ3) is 8.38. The number of ether oxygens (including phenoxy) is 4. The first-order valence-electron chi connectivity index (χ1n) is 14.9. The molecule has 1 aliphatic heterocycles. The number of carbonyl (C=O) groups excluding carboxylic acids is 2. The summed E-state index contributed by atoms with van der Waals surface area (Å²) in [6.07, 6.45) is -8.79. The van der Waals surface area contributed by atoms with Crippen molar-refractivity contribution in [3.63, 3.8) is 0 Å². The molecular formula is C33H29F6N3O8S. The predicted octanol–water partition coefficient (Wildman–Crippen LogP) is 5.79.